The molecule has 0 saturated heterocycles. The van der Waals surface area contributed by atoms with Gasteiger partial charge in [-0.05, 0) is 37.5 Å². The number of hydrogen-bond acceptors (Lipinski definition) is 2. The van der Waals surface area contributed by atoms with E-state index in [2.05, 4.69) is 38.6 Å². The number of hydrogen-bond donors (Lipinski definition) is 3. The second-order valence-corrected chi connectivity index (χ2v) is 3.42. The molecule has 0 bridgehead atoms. The average molecular weight is 210 g/mol. The molecular formula is C11H18N2O2. The second kappa shape index (κ2) is 6.03. The Balaban J connectivity index is 0.000000423. The van der Waals surface area contributed by atoms with Crippen LogP contribution in [0.15, 0.2) is 12.1 Å². The van der Waals surface area contributed by atoms with Crippen molar-refractivity contribution in [2.75, 3.05) is 0 Å². The van der Waals surface area contributed by atoms with Gasteiger partial charge in [-0.15, -0.1) is 0 Å². The van der Waals surface area contributed by atoms with Crippen LogP contribution in [-0.4, -0.2) is 11.2 Å². The predicted molar refractivity (Wildman–Crippen MR) is 60.8 cm³/mol. The summed E-state index contributed by atoms with van der Waals surface area (Å²) in [5.74, 6) is 0. The van der Waals surface area contributed by atoms with Crippen LogP contribution < -0.4 is 11.5 Å². The lowest BCUT2D eigenvalue weighted by Gasteiger charge is -2.07. The molecule has 1 amide bonds. The number of aryl methyl sites for hydroxylation is 3. The smallest absolute Gasteiger partial charge is 0.402 e. The molecule has 1 rings (SSSR count). The number of benzene rings is 1. The van der Waals surface area contributed by atoms with Gasteiger partial charge in [0.15, 0.2) is 0 Å². The quantitative estimate of drug-likeness (QED) is 0.659. The van der Waals surface area contributed by atoms with Gasteiger partial charge >= 0.3 is 6.09 Å². The molecule has 15 heavy (non-hydrogen) atoms. The van der Waals surface area contributed by atoms with E-state index in [4.69, 9.17) is 15.6 Å². The normalized spacial score (nSPS) is 9.07. The van der Waals surface area contributed by atoms with E-state index >= 15 is 0 Å². The molecule has 0 spiro atoms. The van der Waals surface area contributed by atoms with Gasteiger partial charge in [-0.3, -0.25) is 0 Å². The Morgan fingerprint density at radius 2 is 1.60 bits per heavy atom. The summed E-state index contributed by atoms with van der Waals surface area (Å²) in [7, 11) is 0. The molecule has 1 aromatic rings. The summed E-state index contributed by atoms with van der Waals surface area (Å²) >= 11 is 0. The maximum atomic E-state index is 8.78. The summed E-state index contributed by atoms with van der Waals surface area (Å²) in [5.41, 5.74) is 14.9. The van der Waals surface area contributed by atoms with Crippen molar-refractivity contribution in [3.05, 3.63) is 34.4 Å². The third-order valence-electron chi connectivity index (χ3n) is 2.04. The summed E-state index contributed by atoms with van der Waals surface area (Å²) < 4.78 is 0. The maximum absolute atomic E-state index is 8.78. The average Bonchev–Trinajstić information content (AvgIpc) is 2.01. The predicted octanol–water partition coefficient (Wildman–Crippen LogP) is 1.69. The van der Waals surface area contributed by atoms with Crippen LogP contribution in [-0.2, 0) is 6.54 Å². The Morgan fingerprint density at radius 1 is 1.27 bits per heavy atom. The Kier molecular flexibility index (Phi) is 5.41. The number of carboxylic acid groups (broad SMARTS) is 1. The summed E-state index contributed by atoms with van der Waals surface area (Å²) in [5, 5.41) is 7.19. The summed E-state index contributed by atoms with van der Waals surface area (Å²) in [6, 6.07) is 4.35. The zero-order valence-corrected chi connectivity index (χ0v) is 9.37. The molecule has 0 fully saturated rings. The van der Waals surface area contributed by atoms with E-state index in [1.807, 2.05) is 0 Å². The van der Waals surface area contributed by atoms with Crippen molar-refractivity contribution in [3.8, 4) is 0 Å². The van der Waals surface area contributed by atoms with Crippen LogP contribution in [0.1, 0.15) is 22.3 Å². The molecule has 0 aliphatic heterocycles. The molecule has 0 unspecified atom stereocenters. The minimum Gasteiger partial charge on any atom is -0.465 e. The molecule has 0 atom stereocenters. The van der Waals surface area contributed by atoms with Crippen molar-refractivity contribution >= 4 is 6.09 Å². The number of amides is 1. The minimum atomic E-state index is -1.33. The Morgan fingerprint density at radius 3 is 1.87 bits per heavy atom. The minimum absolute atomic E-state index is 0.651. The van der Waals surface area contributed by atoms with Gasteiger partial charge in [0.1, 0.15) is 0 Å². The zero-order valence-electron chi connectivity index (χ0n) is 9.37. The number of primary amides is 1. The highest BCUT2D eigenvalue weighted by Gasteiger charge is 1.99. The SMILES string of the molecule is Cc1cc(C)c(CN)c(C)c1.NC(=O)O. The summed E-state index contributed by atoms with van der Waals surface area (Å²) in [6.07, 6.45) is -1.33. The van der Waals surface area contributed by atoms with Crippen LogP contribution in [0.4, 0.5) is 4.79 Å². The van der Waals surface area contributed by atoms with Gasteiger partial charge in [-0.1, -0.05) is 17.7 Å². The van der Waals surface area contributed by atoms with Crippen molar-refractivity contribution < 1.29 is 9.90 Å². The van der Waals surface area contributed by atoms with E-state index < -0.39 is 6.09 Å². The molecule has 5 N–H and O–H groups in total. The first-order valence-electron chi connectivity index (χ1n) is 4.63. The van der Waals surface area contributed by atoms with Gasteiger partial charge in [0.2, 0.25) is 0 Å². The standard InChI is InChI=1S/C10H15N.CH3NO2/c1-7-4-8(2)10(6-11)9(3)5-7;2-1(3)4/h4-5H,6,11H2,1-3H3;2H2,(H,3,4). The molecule has 0 aromatic heterocycles. The molecule has 0 aliphatic carbocycles. The fourth-order valence-corrected chi connectivity index (χ4v) is 1.53. The largest absolute Gasteiger partial charge is 0.465 e. The highest BCUT2D eigenvalue weighted by molar-refractivity contribution is 5.61. The van der Waals surface area contributed by atoms with Crippen molar-refractivity contribution in [2.45, 2.75) is 27.3 Å². The summed E-state index contributed by atoms with van der Waals surface area (Å²) in [4.78, 5) is 8.78. The van der Waals surface area contributed by atoms with Crippen molar-refractivity contribution in [2.24, 2.45) is 11.5 Å². The Bertz CT molecular complexity index is 321. The van der Waals surface area contributed by atoms with Crippen LogP contribution in [0, 0.1) is 20.8 Å². The first-order chi connectivity index (χ1) is 6.88. The number of carbonyl (C=O) groups is 1. The first kappa shape index (κ1) is 13.4. The molecule has 0 saturated carbocycles. The van der Waals surface area contributed by atoms with Gasteiger partial charge in [0.05, 0.1) is 0 Å². The van der Waals surface area contributed by atoms with Gasteiger partial charge in [0, 0.05) is 6.54 Å². The Hall–Kier alpha value is -1.55. The van der Waals surface area contributed by atoms with Gasteiger partial charge in [0.25, 0.3) is 0 Å². The van der Waals surface area contributed by atoms with Crippen LogP contribution in [0.2, 0.25) is 0 Å². The molecule has 4 heteroatoms. The monoisotopic (exact) mass is 210 g/mol. The third-order valence-corrected chi connectivity index (χ3v) is 2.04. The molecule has 0 aliphatic rings. The lowest BCUT2D eigenvalue weighted by atomic mass is 10.0. The van der Waals surface area contributed by atoms with Gasteiger partial charge in [-0.2, -0.15) is 0 Å². The second-order valence-electron chi connectivity index (χ2n) is 3.42. The van der Waals surface area contributed by atoms with Gasteiger partial charge < -0.3 is 16.6 Å². The van der Waals surface area contributed by atoms with Crippen molar-refractivity contribution in [1.82, 2.24) is 0 Å². The fraction of sp³-hybridized carbons (Fsp3) is 0.364. The van der Waals surface area contributed by atoms with Crippen molar-refractivity contribution in [3.63, 3.8) is 0 Å². The van der Waals surface area contributed by atoms with Crippen LogP contribution in [0.3, 0.4) is 0 Å². The summed E-state index contributed by atoms with van der Waals surface area (Å²) in [6.45, 7) is 6.99. The first-order valence-corrected chi connectivity index (χ1v) is 4.63. The molecule has 0 heterocycles. The van der Waals surface area contributed by atoms with Crippen molar-refractivity contribution in [1.29, 1.82) is 0 Å². The third kappa shape index (κ3) is 5.02. The zero-order chi connectivity index (χ0) is 12.0. The number of nitrogens with two attached hydrogens (primary N) is 2. The highest BCUT2D eigenvalue weighted by Crippen LogP contribution is 2.14. The van der Waals surface area contributed by atoms with E-state index in [1.54, 1.807) is 0 Å². The van der Waals surface area contributed by atoms with E-state index in [9.17, 15) is 0 Å². The van der Waals surface area contributed by atoms with E-state index in [-0.39, 0.29) is 0 Å². The number of rotatable bonds is 1. The molecule has 1 aromatic carbocycles. The molecule has 4 nitrogen and oxygen atoms in total. The topological polar surface area (TPSA) is 89.3 Å². The van der Waals surface area contributed by atoms with Crippen LogP contribution >= 0.6 is 0 Å². The van der Waals surface area contributed by atoms with E-state index in [1.165, 1.54) is 22.3 Å². The van der Waals surface area contributed by atoms with E-state index in [0.717, 1.165) is 0 Å². The highest BCUT2D eigenvalue weighted by atomic mass is 16.4. The molecule has 84 valence electrons. The molecule has 0 radical (unpaired) electrons. The lowest BCUT2D eigenvalue weighted by Crippen LogP contribution is -2.03. The van der Waals surface area contributed by atoms with Crippen LogP contribution in [0.25, 0.3) is 0 Å². The lowest BCUT2D eigenvalue weighted by molar-refractivity contribution is 0.205. The Labute approximate surface area is 89.9 Å². The fourth-order valence-electron chi connectivity index (χ4n) is 1.53. The van der Waals surface area contributed by atoms with E-state index in [0.29, 0.717) is 6.54 Å². The van der Waals surface area contributed by atoms with Gasteiger partial charge in [-0.25, -0.2) is 4.79 Å². The maximum Gasteiger partial charge on any atom is 0.402 e. The molecular weight excluding hydrogens is 192 g/mol. The van der Waals surface area contributed by atoms with Crippen LogP contribution in [0.5, 0.6) is 0 Å².